The molecule has 1 fully saturated rings. The Labute approximate surface area is 197 Å². The molecule has 1 aliphatic rings. The van der Waals surface area contributed by atoms with Crippen LogP contribution in [-0.4, -0.2) is 34.1 Å². The lowest BCUT2D eigenvalue weighted by atomic mass is 10.1. The molecule has 8 heteroatoms. The molecule has 2 aromatic carbocycles. The van der Waals surface area contributed by atoms with Gasteiger partial charge in [0.25, 0.3) is 5.71 Å². The van der Waals surface area contributed by atoms with Gasteiger partial charge in [0.2, 0.25) is 5.91 Å². The molecule has 2 aromatic heterocycles. The van der Waals surface area contributed by atoms with Gasteiger partial charge >= 0.3 is 0 Å². The van der Waals surface area contributed by atoms with Crippen molar-refractivity contribution in [3.8, 4) is 11.3 Å². The molecule has 0 saturated carbocycles. The molecule has 1 saturated heterocycles. The van der Waals surface area contributed by atoms with E-state index in [0.29, 0.717) is 23.5 Å². The smallest absolute Gasteiger partial charge is 0.263 e. The number of halogens is 1. The summed E-state index contributed by atoms with van der Waals surface area (Å²) in [6, 6.07) is 16.3. The van der Waals surface area contributed by atoms with Crippen molar-refractivity contribution in [2.75, 3.05) is 18.0 Å². The molecule has 1 aliphatic heterocycles. The van der Waals surface area contributed by atoms with Gasteiger partial charge in [0.1, 0.15) is 28.5 Å². The molecule has 0 aliphatic carbocycles. The predicted molar refractivity (Wildman–Crippen MR) is 128 cm³/mol. The monoisotopic (exact) mass is 459 g/mol. The molecule has 174 valence electrons. The average Bonchev–Trinajstić information content (AvgIpc) is 3.31. The van der Waals surface area contributed by atoms with Crippen LogP contribution in [-0.2, 0) is 17.8 Å². The molecule has 4 aromatic rings. The van der Waals surface area contributed by atoms with Gasteiger partial charge in [0.15, 0.2) is 0 Å². The molecule has 7 nitrogen and oxygen atoms in total. The normalized spacial score (nSPS) is 13.9. The van der Waals surface area contributed by atoms with Crippen molar-refractivity contribution in [3.05, 3.63) is 71.8 Å². The Balaban J connectivity index is 1.37. The first-order valence-corrected chi connectivity index (χ1v) is 11.7. The summed E-state index contributed by atoms with van der Waals surface area (Å²) < 4.78 is 19.4. The summed E-state index contributed by atoms with van der Waals surface area (Å²) in [4.78, 5) is 24.1. The second kappa shape index (κ2) is 9.99. The first-order chi connectivity index (χ1) is 16.7. The first kappa shape index (κ1) is 22.0. The molecule has 0 spiro atoms. The standard InChI is InChI=1S/C26H26FN5O2/c27-20-12-6-5-11-19(20)17-28-22(33)14-13-21-29-25(32-15-7-2-8-16-32)23-24(31-34-26(23)30-21)18-9-3-1-4-10-18/h1,3-6,9-12H,2,7-8,13-17H2,(H,28,33). The molecule has 3 heterocycles. The van der Waals surface area contributed by atoms with Gasteiger partial charge < -0.3 is 14.7 Å². The van der Waals surface area contributed by atoms with Gasteiger partial charge in [-0.1, -0.05) is 53.7 Å². The summed E-state index contributed by atoms with van der Waals surface area (Å²) in [5.74, 6) is 0.827. The fourth-order valence-electron chi connectivity index (χ4n) is 4.27. The highest BCUT2D eigenvalue weighted by atomic mass is 19.1. The van der Waals surface area contributed by atoms with Gasteiger partial charge in [-0.2, -0.15) is 4.98 Å². The number of anilines is 1. The number of benzene rings is 2. The Kier molecular flexibility index (Phi) is 6.46. The van der Waals surface area contributed by atoms with Crippen LogP contribution in [0.15, 0.2) is 59.1 Å². The van der Waals surface area contributed by atoms with Crippen LogP contribution in [0.3, 0.4) is 0 Å². The summed E-state index contributed by atoms with van der Waals surface area (Å²) >= 11 is 0. The number of nitrogens with one attached hydrogen (secondary N) is 1. The van der Waals surface area contributed by atoms with Gasteiger partial charge in [-0.3, -0.25) is 4.79 Å². The molecule has 0 bridgehead atoms. The minimum Gasteiger partial charge on any atom is -0.356 e. The highest BCUT2D eigenvalue weighted by molar-refractivity contribution is 5.98. The summed E-state index contributed by atoms with van der Waals surface area (Å²) in [6.45, 7) is 1.97. The lowest BCUT2D eigenvalue weighted by molar-refractivity contribution is -0.121. The zero-order chi connectivity index (χ0) is 23.3. The number of piperidine rings is 1. The van der Waals surface area contributed by atoms with Crippen molar-refractivity contribution in [2.45, 2.75) is 38.6 Å². The summed E-state index contributed by atoms with van der Waals surface area (Å²) in [5, 5.41) is 7.89. The van der Waals surface area contributed by atoms with E-state index in [1.165, 1.54) is 12.5 Å². The third-order valence-electron chi connectivity index (χ3n) is 6.08. The average molecular weight is 460 g/mol. The second-order valence-corrected chi connectivity index (χ2v) is 8.46. The SMILES string of the molecule is O=C(CCc1nc(N2CCCCC2)c2c(-c3ccccc3)noc2n1)NCc1ccccc1F. The van der Waals surface area contributed by atoms with Crippen LogP contribution in [0.1, 0.15) is 37.1 Å². The number of amides is 1. The molecule has 0 unspecified atom stereocenters. The van der Waals surface area contributed by atoms with E-state index in [0.717, 1.165) is 48.4 Å². The van der Waals surface area contributed by atoms with Gasteiger partial charge in [-0.15, -0.1) is 0 Å². The van der Waals surface area contributed by atoms with Crippen LogP contribution < -0.4 is 10.2 Å². The third-order valence-corrected chi connectivity index (χ3v) is 6.08. The highest BCUT2D eigenvalue weighted by Gasteiger charge is 2.24. The van der Waals surface area contributed by atoms with Crippen molar-refractivity contribution in [1.82, 2.24) is 20.4 Å². The number of aryl methyl sites for hydroxylation is 1. The van der Waals surface area contributed by atoms with E-state index in [2.05, 4.69) is 20.4 Å². The minimum atomic E-state index is -0.331. The summed E-state index contributed by atoms with van der Waals surface area (Å²) in [7, 11) is 0. The maximum absolute atomic E-state index is 13.8. The number of carbonyl (C=O) groups excluding carboxylic acids is 1. The van der Waals surface area contributed by atoms with Gasteiger partial charge in [-0.25, -0.2) is 9.37 Å². The van der Waals surface area contributed by atoms with Gasteiger partial charge in [-0.05, 0) is 25.3 Å². The molecular formula is C26H26FN5O2. The molecule has 0 radical (unpaired) electrons. The lowest BCUT2D eigenvalue weighted by Crippen LogP contribution is -2.30. The van der Waals surface area contributed by atoms with Crippen molar-refractivity contribution >= 4 is 22.8 Å². The Hall–Kier alpha value is -3.81. The van der Waals surface area contributed by atoms with Gasteiger partial charge in [0.05, 0.1) is 0 Å². The zero-order valence-electron chi connectivity index (χ0n) is 18.8. The van der Waals surface area contributed by atoms with Crippen molar-refractivity contribution in [1.29, 1.82) is 0 Å². The van der Waals surface area contributed by atoms with E-state index in [1.807, 2.05) is 30.3 Å². The molecule has 1 amide bonds. The lowest BCUT2D eigenvalue weighted by Gasteiger charge is -2.28. The van der Waals surface area contributed by atoms with Crippen molar-refractivity contribution in [2.24, 2.45) is 0 Å². The number of nitrogens with zero attached hydrogens (tertiary/aromatic N) is 4. The Morgan fingerprint density at radius 1 is 1.00 bits per heavy atom. The van der Waals surface area contributed by atoms with Gasteiger partial charge in [0, 0.05) is 43.6 Å². The van der Waals surface area contributed by atoms with E-state index in [4.69, 9.17) is 9.51 Å². The van der Waals surface area contributed by atoms with Crippen molar-refractivity contribution in [3.63, 3.8) is 0 Å². The number of hydrogen-bond acceptors (Lipinski definition) is 6. The maximum atomic E-state index is 13.8. The fraction of sp³-hybridized carbons (Fsp3) is 0.308. The minimum absolute atomic E-state index is 0.146. The van der Waals surface area contributed by atoms with Crippen LogP contribution in [0.2, 0.25) is 0 Å². The molecule has 0 atom stereocenters. The largest absolute Gasteiger partial charge is 0.356 e. The zero-order valence-corrected chi connectivity index (χ0v) is 18.8. The van der Waals surface area contributed by atoms with E-state index >= 15 is 0 Å². The fourth-order valence-corrected chi connectivity index (χ4v) is 4.27. The van der Waals surface area contributed by atoms with E-state index < -0.39 is 0 Å². The molecule has 5 rings (SSSR count). The quantitative estimate of drug-likeness (QED) is 0.433. The Morgan fingerprint density at radius 2 is 1.76 bits per heavy atom. The van der Waals surface area contributed by atoms with E-state index in [1.54, 1.807) is 18.2 Å². The second-order valence-electron chi connectivity index (χ2n) is 8.46. The Morgan fingerprint density at radius 3 is 2.56 bits per heavy atom. The number of rotatable bonds is 7. The van der Waals surface area contributed by atoms with Crippen molar-refractivity contribution < 1.29 is 13.7 Å². The molecule has 34 heavy (non-hydrogen) atoms. The first-order valence-electron chi connectivity index (χ1n) is 11.7. The molecular weight excluding hydrogens is 433 g/mol. The maximum Gasteiger partial charge on any atom is 0.263 e. The van der Waals surface area contributed by atoms with Crippen LogP contribution in [0, 0.1) is 5.82 Å². The number of hydrogen-bond donors (Lipinski definition) is 1. The van der Waals surface area contributed by atoms with Crippen LogP contribution in [0.25, 0.3) is 22.4 Å². The summed E-state index contributed by atoms with van der Waals surface area (Å²) in [6.07, 6.45) is 3.95. The van der Waals surface area contributed by atoms with Crippen LogP contribution in [0.4, 0.5) is 10.2 Å². The Bertz CT molecular complexity index is 1290. The van der Waals surface area contributed by atoms with E-state index in [-0.39, 0.29) is 24.7 Å². The van der Waals surface area contributed by atoms with Crippen LogP contribution in [0.5, 0.6) is 0 Å². The van der Waals surface area contributed by atoms with E-state index in [9.17, 15) is 9.18 Å². The highest BCUT2D eigenvalue weighted by Crippen LogP contribution is 2.34. The van der Waals surface area contributed by atoms with Crippen LogP contribution >= 0.6 is 0 Å². The predicted octanol–water partition coefficient (Wildman–Crippen LogP) is 4.66. The third kappa shape index (κ3) is 4.76. The number of fused-ring (bicyclic) bond motifs is 1. The topological polar surface area (TPSA) is 84.2 Å². The summed E-state index contributed by atoms with van der Waals surface area (Å²) in [5.41, 5.74) is 2.56. The molecule has 1 N–H and O–H groups in total. The number of carbonyl (C=O) groups is 1. The number of aromatic nitrogens is 3.